The van der Waals surface area contributed by atoms with E-state index in [1.165, 1.54) is 49.0 Å². The van der Waals surface area contributed by atoms with Gasteiger partial charge in [0.1, 0.15) is 0 Å². The fourth-order valence-electron chi connectivity index (χ4n) is 3.24. The maximum Gasteiger partial charge on any atom is 0.193 e. The summed E-state index contributed by atoms with van der Waals surface area (Å²) in [5.74, 6) is 0.119. The second kappa shape index (κ2) is 7.10. The van der Waals surface area contributed by atoms with E-state index >= 15 is 0 Å². The van der Waals surface area contributed by atoms with Crippen LogP contribution >= 0.6 is 0 Å². The summed E-state index contributed by atoms with van der Waals surface area (Å²) >= 11 is 0. The molecule has 120 valence electrons. The monoisotopic (exact) mass is 307 g/mol. The van der Waals surface area contributed by atoms with Crippen molar-refractivity contribution in [2.75, 3.05) is 13.1 Å². The average molecular weight is 307 g/mol. The highest BCUT2D eigenvalue weighted by Crippen LogP contribution is 2.17. The molecule has 1 saturated heterocycles. The van der Waals surface area contributed by atoms with Crippen LogP contribution in [0.3, 0.4) is 0 Å². The number of aryl methyl sites for hydroxylation is 2. The number of likely N-dealkylation sites (tertiary alicyclic amines) is 1. The van der Waals surface area contributed by atoms with Crippen molar-refractivity contribution in [3.8, 4) is 0 Å². The van der Waals surface area contributed by atoms with E-state index in [-0.39, 0.29) is 5.78 Å². The van der Waals surface area contributed by atoms with Gasteiger partial charge < -0.3 is 0 Å². The van der Waals surface area contributed by atoms with Gasteiger partial charge in [-0.25, -0.2) is 0 Å². The van der Waals surface area contributed by atoms with E-state index in [1.807, 2.05) is 30.3 Å². The van der Waals surface area contributed by atoms with Gasteiger partial charge in [0.2, 0.25) is 0 Å². The van der Waals surface area contributed by atoms with E-state index in [9.17, 15) is 4.79 Å². The van der Waals surface area contributed by atoms with Crippen molar-refractivity contribution >= 4 is 5.78 Å². The van der Waals surface area contributed by atoms with Crippen molar-refractivity contribution in [3.05, 3.63) is 70.3 Å². The first-order valence-electron chi connectivity index (χ1n) is 8.57. The van der Waals surface area contributed by atoms with Crippen LogP contribution < -0.4 is 0 Å². The molecular weight excluding hydrogens is 282 g/mol. The third-order valence-electron chi connectivity index (χ3n) is 4.81. The summed E-state index contributed by atoms with van der Waals surface area (Å²) in [6, 6.07) is 14.1. The van der Waals surface area contributed by atoms with Crippen molar-refractivity contribution in [3.63, 3.8) is 0 Å². The summed E-state index contributed by atoms with van der Waals surface area (Å²) in [7, 11) is 0. The van der Waals surface area contributed by atoms with Crippen molar-refractivity contribution in [1.82, 2.24) is 4.90 Å². The first kappa shape index (κ1) is 15.9. The standard InChI is InChI=1S/C21H25NO/c1-16-9-10-20(13-17(16)2)21(23)19-8-6-7-18(14-19)15-22-11-4-3-5-12-22/h6-10,13-14H,3-5,11-12,15H2,1-2H3. The Balaban J connectivity index is 1.78. The Morgan fingerprint density at radius 2 is 1.65 bits per heavy atom. The first-order chi connectivity index (χ1) is 11.1. The molecule has 0 amide bonds. The smallest absolute Gasteiger partial charge is 0.193 e. The SMILES string of the molecule is Cc1ccc(C(=O)c2cccc(CN3CCCCC3)c2)cc1C. The Kier molecular flexibility index (Phi) is 4.92. The van der Waals surface area contributed by atoms with Crippen molar-refractivity contribution < 1.29 is 4.79 Å². The van der Waals surface area contributed by atoms with Gasteiger partial charge in [0, 0.05) is 17.7 Å². The Morgan fingerprint density at radius 3 is 2.39 bits per heavy atom. The highest BCUT2D eigenvalue weighted by Gasteiger charge is 2.13. The molecule has 0 atom stereocenters. The third kappa shape index (κ3) is 3.89. The van der Waals surface area contributed by atoms with Crippen molar-refractivity contribution in [2.45, 2.75) is 39.7 Å². The van der Waals surface area contributed by atoms with E-state index in [0.29, 0.717) is 0 Å². The first-order valence-corrected chi connectivity index (χ1v) is 8.57. The second-order valence-corrected chi connectivity index (χ2v) is 6.67. The molecule has 2 aromatic rings. The molecular formula is C21H25NO. The molecule has 2 heteroatoms. The number of nitrogens with zero attached hydrogens (tertiary/aromatic N) is 1. The number of piperidine rings is 1. The second-order valence-electron chi connectivity index (χ2n) is 6.67. The highest BCUT2D eigenvalue weighted by molar-refractivity contribution is 6.09. The highest BCUT2D eigenvalue weighted by atomic mass is 16.1. The lowest BCUT2D eigenvalue weighted by Gasteiger charge is -2.26. The minimum absolute atomic E-state index is 0.119. The molecule has 1 heterocycles. The maximum atomic E-state index is 12.7. The Morgan fingerprint density at radius 1 is 0.913 bits per heavy atom. The largest absolute Gasteiger partial charge is 0.299 e. The molecule has 2 nitrogen and oxygen atoms in total. The zero-order valence-electron chi connectivity index (χ0n) is 14.1. The fourth-order valence-corrected chi connectivity index (χ4v) is 3.24. The topological polar surface area (TPSA) is 20.3 Å². The van der Waals surface area contributed by atoms with Crippen LogP contribution in [0, 0.1) is 13.8 Å². The number of carbonyl (C=O) groups excluding carboxylic acids is 1. The zero-order chi connectivity index (χ0) is 16.2. The summed E-state index contributed by atoms with van der Waals surface area (Å²) in [5, 5.41) is 0. The quantitative estimate of drug-likeness (QED) is 0.774. The van der Waals surface area contributed by atoms with Crippen LogP contribution in [-0.2, 0) is 6.54 Å². The molecule has 0 saturated carbocycles. The van der Waals surface area contributed by atoms with Gasteiger partial charge in [-0.1, -0.05) is 36.8 Å². The van der Waals surface area contributed by atoms with Crippen LogP contribution in [0.4, 0.5) is 0 Å². The zero-order valence-corrected chi connectivity index (χ0v) is 14.1. The molecule has 0 spiro atoms. The van der Waals surface area contributed by atoms with Crippen LogP contribution in [0.1, 0.15) is 51.9 Å². The summed E-state index contributed by atoms with van der Waals surface area (Å²) in [5.41, 5.74) is 5.20. The number of carbonyl (C=O) groups is 1. The lowest BCUT2D eigenvalue weighted by atomic mass is 9.98. The van der Waals surface area contributed by atoms with Gasteiger partial charge in [-0.3, -0.25) is 9.69 Å². The van der Waals surface area contributed by atoms with Gasteiger partial charge in [-0.05, 0) is 68.6 Å². The molecule has 3 rings (SSSR count). The maximum absolute atomic E-state index is 12.7. The molecule has 23 heavy (non-hydrogen) atoms. The number of hydrogen-bond acceptors (Lipinski definition) is 2. The molecule has 0 aliphatic carbocycles. The minimum Gasteiger partial charge on any atom is -0.299 e. The average Bonchev–Trinajstić information content (AvgIpc) is 2.58. The Bertz CT molecular complexity index is 699. The molecule has 0 unspecified atom stereocenters. The summed E-state index contributed by atoms with van der Waals surface area (Å²) in [6.07, 6.45) is 3.93. The Hall–Kier alpha value is -1.93. The molecule has 1 aliphatic heterocycles. The van der Waals surface area contributed by atoms with Gasteiger partial charge in [0.15, 0.2) is 5.78 Å². The molecule has 0 aromatic heterocycles. The number of rotatable bonds is 4. The van der Waals surface area contributed by atoms with Crippen LogP contribution in [0.15, 0.2) is 42.5 Å². The van der Waals surface area contributed by atoms with Crippen LogP contribution in [0.2, 0.25) is 0 Å². The van der Waals surface area contributed by atoms with E-state index in [4.69, 9.17) is 0 Å². The predicted molar refractivity (Wildman–Crippen MR) is 94.9 cm³/mol. The molecule has 2 aromatic carbocycles. The van der Waals surface area contributed by atoms with Crippen LogP contribution in [0.25, 0.3) is 0 Å². The van der Waals surface area contributed by atoms with Gasteiger partial charge >= 0.3 is 0 Å². The normalized spacial score (nSPS) is 15.6. The van der Waals surface area contributed by atoms with Crippen molar-refractivity contribution in [2.24, 2.45) is 0 Å². The van der Waals surface area contributed by atoms with E-state index < -0.39 is 0 Å². The summed E-state index contributed by atoms with van der Waals surface area (Å²) < 4.78 is 0. The number of benzene rings is 2. The molecule has 1 aliphatic rings. The molecule has 0 N–H and O–H groups in total. The lowest BCUT2D eigenvalue weighted by molar-refractivity contribution is 0.103. The molecule has 0 radical (unpaired) electrons. The van der Waals surface area contributed by atoms with Crippen molar-refractivity contribution in [1.29, 1.82) is 0 Å². The van der Waals surface area contributed by atoms with Gasteiger partial charge in [0.25, 0.3) is 0 Å². The van der Waals surface area contributed by atoms with Gasteiger partial charge in [-0.15, -0.1) is 0 Å². The third-order valence-corrected chi connectivity index (χ3v) is 4.81. The lowest BCUT2D eigenvalue weighted by Crippen LogP contribution is -2.29. The fraction of sp³-hybridized carbons (Fsp3) is 0.381. The predicted octanol–water partition coefficient (Wildman–Crippen LogP) is 4.52. The van der Waals surface area contributed by atoms with E-state index in [2.05, 4.69) is 30.9 Å². The Labute approximate surface area is 139 Å². The summed E-state index contributed by atoms with van der Waals surface area (Å²) in [6.45, 7) is 7.43. The van der Waals surface area contributed by atoms with E-state index in [0.717, 1.165) is 17.7 Å². The summed E-state index contributed by atoms with van der Waals surface area (Å²) in [4.78, 5) is 15.2. The van der Waals surface area contributed by atoms with E-state index in [1.54, 1.807) is 0 Å². The molecule has 0 bridgehead atoms. The van der Waals surface area contributed by atoms with Gasteiger partial charge in [0.05, 0.1) is 0 Å². The molecule has 1 fully saturated rings. The van der Waals surface area contributed by atoms with Crippen LogP contribution in [0.5, 0.6) is 0 Å². The van der Waals surface area contributed by atoms with Gasteiger partial charge in [-0.2, -0.15) is 0 Å². The number of ketones is 1. The minimum atomic E-state index is 0.119. The number of hydrogen-bond donors (Lipinski definition) is 0. The van der Waals surface area contributed by atoms with Crippen LogP contribution in [-0.4, -0.2) is 23.8 Å².